The molecule has 1 aliphatic rings. The van der Waals surface area contributed by atoms with Crippen LogP contribution in [0.2, 0.25) is 0 Å². The molecule has 1 unspecified atom stereocenters. The maximum atomic E-state index is 11.5. The molecule has 0 aromatic heterocycles. The summed E-state index contributed by atoms with van der Waals surface area (Å²) in [6.45, 7) is 9.16. The minimum atomic E-state index is -0.141. The third-order valence-electron chi connectivity index (χ3n) is 2.39. The van der Waals surface area contributed by atoms with Gasteiger partial charge in [-0.05, 0) is 13.0 Å². The third-order valence-corrected chi connectivity index (χ3v) is 2.39. The Hall–Kier alpha value is -2.16. The van der Waals surface area contributed by atoms with Gasteiger partial charge in [0.25, 0.3) is 5.91 Å². The van der Waals surface area contributed by atoms with Crippen LogP contribution in [-0.2, 0) is 9.59 Å². The topological polar surface area (TPSA) is 37.4 Å². The molecule has 0 bridgehead atoms. The highest BCUT2D eigenvalue weighted by atomic mass is 16.2. The van der Waals surface area contributed by atoms with E-state index in [0.717, 1.165) is 6.29 Å². The number of hydrogen-bond acceptors (Lipinski definition) is 2. The zero-order valence-electron chi connectivity index (χ0n) is 9.80. The number of carbonyl (C=O) groups is 2. The molecule has 3 nitrogen and oxygen atoms in total. The second kappa shape index (κ2) is 5.80. The van der Waals surface area contributed by atoms with Crippen LogP contribution in [0.15, 0.2) is 60.9 Å². The summed E-state index contributed by atoms with van der Waals surface area (Å²) in [5.74, 6) is -0.0903. The van der Waals surface area contributed by atoms with Crippen molar-refractivity contribution in [3.63, 3.8) is 0 Å². The predicted octanol–water partition coefficient (Wildman–Crippen LogP) is 2.15. The molecule has 0 aromatic rings. The maximum absolute atomic E-state index is 11.5. The van der Waals surface area contributed by atoms with E-state index in [9.17, 15) is 9.59 Å². The molecule has 0 aromatic carbocycles. The lowest BCUT2D eigenvalue weighted by Crippen LogP contribution is -2.31. The third kappa shape index (κ3) is 3.14. The van der Waals surface area contributed by atoms with Gasteiger partial charge in [-0.1, -0.05) is 37.5 Å². The highest BCUT2D eigenvalue weighted by Gasteiger charge is 2.22. The first-order valence-corrected chi connectivity index (χ1v) is 5.26. The lowest BCUT2D eigenvalue weighted by atomic mass is 10.2. The molecule has 0 saturated carbocycles. The SMILES string of the molecule is C=C/C=C(C=O)\C=C/C(C)N1C(=C)C=CC1=O. The first-order chi connectivity index (χ1) is 8.10. The Morgan fingerprint density at radius 1 is 1.47 bits per heavy atom. The molecule has 3 heteroatoms. The van der Waals surface area contributed by atoms with Gasteiger partial charge >= 0.3 is 0 Å². The van der Waals surface area contributed by atoms with Gasteiger partial charge in [-0.3, -0.25) is 9.59 Å². The van der Waals surface area contributed by atoms with E-state index in [-0.39, 0.29) is 11.9 Å². The predicted molar refractivity (Wildman–Crippen MR) is 68.1 cm³/mol. The van der Waals surface area contributed by atoms with Crippen molar-refractivity contribution in [2.24, 2.45) is 0 Å². The van der Waals surface area contributed by atoms with Crippen molar-refractivity contribution >= 4 is 12.2 Å². The lowest BCUT2D eigenvalue weighted by Gasteiger charge is -2.22. The highest BCUT2D eigenvalue weighted by Crippen LogP contribution is 2.17. The van der Waals surface area contributed by atoms with E-state index in [1.165, 1.54) is 6.08 Å². The van der Waals surface area contributed by atoms with E-state index in [2.05, 4.69) is 13.2 Å². The van der Waals surface area contributed by atoms with E-state index in [0.29, 0.717) is 11.3 Å². The largest absolute Gasteiger partial charge is 0.303 e. The smallest absolute Gasteiger partial charge is 0.251 e. The summed E-state index contributed by atoms with van der Waals surface area (Å²) in [6.07, 6.45) is 10.5. The van der Waals surface area contributed by atoms with Gasteiger partial charge in [-0.2, -0.15) is 0 Å². The van der Waals surface area contributed by atoms with Crippen molar-refractivity contribution < 1.29 is 9.59 Å². The van der Waals surface area contributed by atoms with Crippen LogP contribution in [0.3, 0.4) is 0 Å². The Bertz CT molecular complexity index is 423. The molecule has 1 amide bonds. The normalized spacial score (nSPS) is 17.9. The molecule has 1 atom stereocenters. The standard InChI is InChI=1S/C14H15NO2/c1-4-5-13(10-16)8-6-11(2)15-12(3)7-9-14(15)17/h4-11H,1,3H2,2H3/b8-6-,13-5+. The molecule has 0 aliphatic carbocycles. The summed E-state index contributed by atoms with van der Waals surface area (Å²) in [4.78, 5) is 23.8. The number of nitrogens with zero attached hydrogens (tertiary/aromatic N) is 1. The van der Waals surface area contributed by atoms with Crippen molar-refractivity contribution in [2.45, 2.75) is 13.0 Å². The minimum Gasteiger partial charge on any atom is -0.303 e. The second-order valence-electron chi connectivity index (χ2n) is 3.65. The van der Waals surface area contributed by atoms with Crippen LogP contribution >= 0.6 is 0 Å². The fourth-order valence-corrected chi connectivity index (χ4v) is 1.54. The van der Waals surface area contributed by atoms with Crippen molar-refractivity contribution in [1.29, 1.82) is 0 Å². The van der Waals surface area contributed by atoms with Crippen LogP contribution in [0.25, 0.3) is 0 Å². The molecule has 0 N–H and O–H groups in total. The number of hydrogen-bond donors (Lipinski definition) is 0. The molecule has 0 spiro atoms. The van der Waals surface area contributed by atoms with E-state index in [1.807, 2.05) is 6.92 Å². The van der Waals surface area contributed by atoms with Gasteiger partial charge in [0.15, 0.2) is 0 Å². The van der Waals surface area contributed by atoms with Gasteiger partial charge in [-0.25, -0.2) is 0 Å². The number of allylic oxidation sites excluding steroid dienone is 5. The van der Waals surface area contributed by atoms with Gasteiger partial charge in [0.1, 0.15) is 6.29 Å². The molecule has 88 valence electrons. The zero-order chi connectivity index (χ0) is 12.8. The summed E-state index contributed by atoms with van der Waals surface area (Å²) in [6, 6.07) is -0.141. The van der Waals surface area contributed by atoms with Gasteiger partial charge in [0.05, 0.1) is 6.04 Å². The summed E-state index contributed by atoms with van der Waals surface area (Å²) >= 11 is 0. The van der Waals surface area contributed by atoms with Gasteiger partial charge in [0.2, 0.25) is 0 Å². The Morgan fingerprint density at radius 2 is 2.18 bits per heavy atom. The second-order valence-corrected chi connectivity index (χ2v) is 3.65. The minimum absolute atomic E-state index is 0.0903. The molecule has 1 heterocycles. The first kappa shape index (κ1) is 12.9. The molecular weight excluding hydrogens is 214 g/mol. The van der Waals surface area contributed by atoms with Gasteiger partial charge in [0, 0.05) is 17.3 Å². The number of aldehydes is 1. The number of carbonyl (C=O) groups excluding carboxylic acids is 2. The fourth-order valence-electron chi connectivity index (χ4n) is 1.54. The zero-order valence-corrected chi connectivity index (χ0v) is 9.80. The van der Waals surface area contributed by atoms with Crippen molar-refractivity contribution in [2.75, 3.05) is 0 Å². The van der Waals surface area contributed by atoms with Crippen molar-refractivity contribution in [3.05, 3.63) is 60.9 Å². The van der Waals surface area contributed by atoms with Crippen LogP contribution in [0.4, 0.5) is 0 Å². The van der Waals surface area contributed by atoms with E-state index < -0.39 is 0 Å². The first-order valence-electron chi connectivity index (χ1n) is 5.26. The average molecular weight is 229 g/mol. The Labute approximate surface area is 101 Å². The Balaban J connectivity index is 2.75. The summed E-state index contributed by atoms with van der Waals surface area (Å²) in [5, 5.41) is 0. The summed E-state index contributed by atoms with van der Waals surface area (Å²) in [5.41, 5.74) is 1.17. The summed E-state index contributed by atoms with van der Waals surface area (Å²) < 4.78 is 0. The molecule has 0 radical (unpaired) electrons. The molecule has 1 rings (SSSR count). The van der Waals surface area contributed by atoms with E-state index >= 15 is 0 Å². The monoisotopic (exact) mass is 229 g/mol. The van der Waals surface area contributed by atoms with E-state index in [4.69, 9.17) is 0 Å². The highest BCUT2D eigenvalue weighted by molar-refractivity contribution is 5.93. The van der Waals surface area contributed by atoms with E-state index in [1.54, 1.807) is 35.3 Å². The molecular formula is C14H15NO2. The lowest BCUT2D eigenvalue weighted by molar-refractivity contribution is -0.124. The molecule has 17 heavy (non-hydrogen) atoms. The van der Waals surface area contributed by atoms with Gasteiger partial charge < -0.3 is 4.90 Å². The molecule has 1 aliphatic heterocycles. The fraction of sp³-hybridized carbons (Fsp3) is 0.143. The number of amides is 1. The molecule has 0 fully saturated rings. The van der Waals surface area contributed by atoms with Crippen LogP contribution in [0, 0.1) is 0 Å². The maximum Gasteiger partial charge on any atom is 0.251 e. The Kier molecular flexibility index (Phi) is 4.40. The van der Waals surface area contributed by atoms with Crippen LogP contribution < -0.4 is 0 Å². The van der Waals surface area contributed by atoms with Gasteiger partial charge in [-0.15, -0.1) is 0 Å². The number of rotatable bonds is 5. The van der Waals surface area contributed by atoms with Crippen molar-refractivity contribution in [3.8, 4) is 0 Å². The quantitative estimate of drug-likeness (QED) is 0.411. The summed E-state index contributed by atoms with van der Waals surface area (Å²) in [7, 11) is 0. The Morgan fingerprint density at radius 3 is 2.65 bits per heavy atom. The van der Waals surface area contributed by atoms with Crippen molar-refractivity contribution in [1.82, 2.24) is 4.90 Å². The van der Waals surface area contributed by atoms with Crippen LogP contribution in [0.5, 0.6) is 0 Å². The van der Waals surface area contributed by atoms with Crippen LogP contribution in [-0.4, -0.2) is 23.1 Å². The van der Waals surface area contributed by atoms with Crippen LogP contribution in [0.1, 0.15) is 6.92 Å². The average Bonchev–Trinajstić information content (AvgIpc) is 2.64. The molecule has 0 saturated heterocycles.